The Morgan fingerprint density at radius 1 is 1.56 bits per heavy atom. The summed E-state index contributed by atoms with van der Waals surface area (Å²) < 4.78 is 13.0. The maximum atomic E-state index is 13.0. The highest BCUT2D eigenvalue weighted by Crippen LogP contribution is 2.44. The lowest BCUT2D eigenvalue weighted by Gasteiger charge is -2.47. The van der Waals surface area contributed by atoms with Crippen molar-refractivity contribution in [2.75, 3.05) is 13.1 Å². The molecule has 0 spiro atoms. The fourth-order valence-corrected chi connectivity index (χ4v) is 2.56. The molecular formula is C12H12ClFN2O2. The van der Waals surface area contributed by atoms with E-state index in [1.165, 1.54) is 4.90 Å². The molecule has 3 rings (SSSR count). The van der Waals surface area contributed by atoms with Gasteiger partial charge < -0.3 is 10.0 Å². The van der Waals surface area contributed by atoms with Gasteiger partial charge in [0.2, 0.25) is 0 Å². The van der Waals surface area contributed by atoms with E-state index in [4.69, 9.17) is 11.6 Å². The van der Waals surface area contributed by atoms with E-state index in [0.29, 0.717) is 19.0 Å². The SMILES string of the molecule is O=C(c1cc(F)cnc1Cl)N1CC(O)(C2CC2)C1. The second-order valence-corrected chi connectivity index (χ2v) is 5.39. The van der Waals surface area contributed by atoms with E-state index in [-0.39, 0.29) is 16.6 Å². The predicted molar refractivity (Wildman–Crippen MR) is 62.8 cm³/mol. The summed E-state index contributed by atoms with van der Waals surface area (Å²) in [5, 5.41) is 10.1. The molecule has 1 saturated carbocycles. The van der Waals surface area contributed by atoms with Crippen molar-refractivity contribution in [3.63, 3.8) is 0 Å². The molecule has 0 unspecified atom stereocenters. The highest BCUT2D eigenvalue weighted by atomic mass is 35.5. The van der Waals surface area contributed by atoms with Crippen molar-refractivity contribution in [1.29, 1.82) is 0 Å². The van der Waals surface area contributed by atoms with Gasteiger partial charge in [-0.1, -0.05) is 11.6 Å². The fraction of sp³-hybridized carbons (Fsp3) is 0.500. The first-order valence-electron chi connectivity index (χ1n) is 5.82. The smallest absolute Gasteiger partial charge is 0.257 e. The normalized spacial score (nSPS) is 21.6. The molecule has 0 aromatic carbocycles. The third kappa shape index (κ3) is 1.87. The van der Waals surface area contributed by atoms with E-state index < -0.39 is 11.4 Å². The second kappa shape index (κ2) is 3.90. The van der Waals surface area contributed by atoms with Crippen molar-refractivity contribution in [2.24, 2.45) is 5.92 Å². The van der Waals surface area contributed by atoms with Gasteiger partial charge in [-0.25, -0.2) is 9.37 Å². The molecule has 4 nitrogen and oxygen atoms in total. The van der Waals surface area contributed by atoms with Crippen molar-refractivity contribution >= 4 is 17.5 Å². The van der Waals surface area contributed by atoms with Crippen LogP contribution in [0.2, 0.25) is 5.15 Å². The third-order valence-corrected chi connectivity index (χ3v) is 3.89. The molecule has 0 bridgehead atoms. The quantitative estimate of drug-likeness (QED) is 0.828. The van der Waals surface area contributed by atoms with Crippen molar-refractivity contribution < 1.29 is 14.3 Å². The summed E-state index contributed by atoms with van der Waals surface area (Å²) in [4.78, 5) is 17.1. The highest BCUT2D eigenvalue weighted by molar-refractivity contribution is 6.32. The monoisotopic (exact) mass is 270 g/mol. The summed E-state index contributed by atoms with van der Waals surface area (Å²) in [7, 11) is 0. The first-order valence-corrected chi connectivity index (χ1v) is 6.20. The Bertz CT molecular complexity index is 513. The Morgan fingerprint density at radius 3 is 2.83 bits per heavy atom. The average Bonchev–Trinajstić information content (AvgIpc) is 3.11. The fourth-order valence-electron chi connectivity index (χ4n) is 2.38. The molecule has 18 heavy (non-hydrogen) atoms. The molecule has 1 aromatic rings. The lowest BCUT2D eigenvalue weighted by atomic mass is 9.88. The Morgan fingerprint density at radius 2 is 2.22 bits per heavy atom. The van der Waals surface area contributed by atoms with Crippen LogP contribution in [0.1, 0.15) is 23.2 Å². The predicted octanol–water partition coefficient (Wildman–Crippen LogP) is 1.47. The Balaban J connectivity index is 1.74. The maximum Gasteiger partial charge on any atom is 0.257 e. The van der Waals surface area contributed by atoms with Gasteiger partial charge in [-0.15, -0.1) is 0 Å². The van der Waals surface area contributed by atoms with Gasteiger partial charge in [0.25, 0.3) is 5.91 Å². The molecule has 0 atom stereocenters. The van der Waals surface area contributed by atoms with Crippen LogP contribution in [0, 0.1) is 11.7 Å². The summed E-state index contributed by atoms with van der Waals surface area (Å²) in [6.45, 7) is 0.590. The van der Waals surface area contributed by atoms with E-state index in [1.807, 2.05) is 0 Å². The lowest BCUT2D eigenvalue weighted by molar-refractivity contribution is -0.0958. The molecule has 1 N–H and O–H groups in total. The zero-order valence-electron chi connectivity index (χ0n) is 9.57. The first kappa shape index (κ1) is 11.9. The van der Waals surface area contributed by atoms with E-state index >= 15 is 0 Å². The molecule has 6 heteroatoms. The van der Waals surface area contributed by atoms with Crippen LogP contribution in [0.3, 0.4) is 0 Å². The minimum absolute atomic E-state index is 0.0109. The van der Waals surface area contributed by atoms with Crippen molar-refractivity contribution in [1.82, 2.24) is 9.88 Å². The van der Waals surface area contributed by atoms with Gasteiger partial charge in [0.15, 0.2) is 0 Å². The van der Waals surface area contributed by atoms with E-state index in [0.717, 1.165) is 25.1 Å². The molecule has 1 saturated heterocycles. The molecule has 1 aliphatic carbocycles. The Labute approximate surface area is 108 Å². The molecule has 2 aliphatic rings. The number of aliphatic hydroxyl groups is 1. The van der Waals surface area contributed by atoms with Crippen molar-refractivity contribution in [3.8, 4) is 0 Å². The number of nitrogens with zero attached hydrogens (tertiary/aromatic N) is 2. The minimum atomic E-state index is -0.747. The summed E-state index contributed by atoms with van der Waals surface area (Å²) in [6, 6.07) is 1.08. The van der Waals surface area contributed by atoms with Crippen molar-refractivity contribution in [3.05, 3.63) is 28.8 Å². The van der Waals surface area contributed by atoms with Crippen LogP contribution in [-0.2, 0) is 0 Å². The molecular weight excluding hydrogens is 259 g/mol. The van der Waals surface area contributed by atoms with Gasteiger partial charge in [0.1, 0.15) is 16.6 Å². The van der Waals surface area contributed by atoms with Gasteiger partial charge in [-0.2, -0.15) is 0 Å². The van der Waals surface area contributed by atoms with Gasteiger partial charge >= 0.3 is 0 Å². The number of carbonyl (C=O) groups excluding carboxylic acids is 1. The standard InChI is InChI=1S/C12H12ClFN2O2/c13-10-9(3-8(14)4-15-10)11(17)16-5-12(18,6-16)7-1-2-7/h3-4,7,18H,1-2,5-6H2. The van der Waals surface area contributed by atoms with E-state index in [9.17, 15) is 14.3 Å². The van der Waals surface area contributed by atoms with Crippen molar-refractivity contribution in [2.45, 2.75) is 18.4 Å². The van der Waals surface area contributed by atoms with Gasteiger partial charge in [-0.05, 0) is 24.8 Å². The maximum absolute atomic E-state index is 13.0. The number of likely N-dealkylation sites (tertiary alicyclic amines) is 1. The number of hydrogen-bond acceptors (Lipinski definition) is 3. The van der Waals surface area contributed by atoms with Crippen LogP contribution >= 0.6 is 11.6 Å². The number of rotatable bonds is 2. The number of aromatic nitrogens is 1. The minimum Gasteiger partial charge on any atom is -0.386 e. The largest absolute Gasteiger partial charge is 0.386 e. The van der Waals surface area contributed by atoms with E-state index in [2.05, 4.69) is 4.98 Å². The number of carbonyl (C=O) groups is 1. The first-order chi connectivity index (χ1) is 8.49. The highest BCUT2D eigenvalue weighted by Gasteiger charge is 2.53. The molecule has 1 amide bonds. The summed E-state index contributed by atoms with van der Waals surface area (Å²) in [5.41, 5.74) is -0.697. The molecule has 0 radical (unpaired) electrons. The van der Waals surface area contributed by atoms with Crippen LogP contribution in [0.4, 0.5) is 4.39 Å². The third-order valence-electron chi connectivity index (χ3n) is 3.59. The summed E-state index contributed by atoms with van der Waals surface area (Å²) >= 11 is 5.77. The molecule has 2 heterocycles. The lowest BCUT2D eigenvalue weighted by Crippen LogP contribution is -2.64. The van der Waals surface area contributed by atoms with Gasteiger partial charge in [-0.3, -0.25) is 4.79 Å². The van der Waals surface area contributed by atoms with Crippen LogP contribution < -0.4 is 0 Å². The zero-order chi connectivity index (χ0) is 12.9. The molecule has 2 fully saturated rings. The topological polar surface area (TPSA) is 53.4 Å². The Hall–Kier alpha value is -1.20. The second-order valence-electron chi connectivity index (χ2n) is 5.03. The number of pyridine rings is 1. The Kier molecular flexibility index (Phi) is 2.57. The van der Waals surface area contributed by atoms with Crippen LogP contribution in [0.15, 0.2) is 12.3 Å². The van der Waals surface area contributed by atoms with E-state index in [1.54, 1.807) is 0 Å². The van der Waals surface area contributed by atoms with Crippen LogP contribution in [-0.4, -0.2) is 39.6 Å². The van der Waals surface area contributed by atoms with Gasteiger partial charge in [0, 0.05) is 0 Å². The molecule has 1 aliphatic heterocycles. The summed E-state index contributed by atoms with van der Waals surface area (Å²) in [5.74, 6) is -0.666. The summed E-state index contributed by atoms with van der Waals surface area (Å²) in [6.07, 6.45) is 3.00. The van der Waals surface area contributed by atoms with Crippen LogP contribution in [0.25, 0.3) is 0 Å². The molecule has 96 valence electrons. The number of halogens is 2. The number of amides is 1. The average molecular weight is 271 g/mol. The zero-order valence-corrected chi connectivity index (χ0v) is 10.3. The van der Waals surface area contributed by atoms with Gasteiger partial charge in [0.05, 0.1) is 24.8 Å². The number of hydrogen-bond donors (Lipinski definition) is 1. The molecule has 1 aromatic heterocycles. The van der Waals surface area contributed by atoms with Crippen LogP contribution in [0.5, 0.6) is 0 Å². The number of β-amino-alcohol motifs (C(OH)–C–C–N with tert-alkyl or cyclic N) is 1.